The number of hydrogen-bond acceptors (Lipinski definition) is 3. The molecular weight excluding hydrogens is 272 g/mol. The Bertz CT molecular complexity index is 513. The molecule has 1 aliphatic rings. The summed E-state index contributed by atoms with van der Waals surface area (Å²) >= 11 is 5.97. The van der Waals surface area contributed by atoms with Gasteiger partial charge in [0.1, 0.15) is 4.90 Å². The number of rotatable bonds is 4. The lowest BCUT2D eigenvalue weighted by Gasteiger charge is -2.26. The van der Waals surface area contributed by atoms with Crippen molar-refractivity contribution >= 4 is 21.6 Å². The fourth-order valence-corrected chi connectivity index (χ4v) is 4.60. The summed E-state index contributed by atoms with van der Waals surface area (Å²) in [5.41, 5.74) is 0. The van der Waals surface area contributed by atoms with Crippen LogP contribution in [-0.2, 0) is 10.0 Å². The molecule has 0 N–H and O–H groups in total. The van der Waals surface area contributed by atoms with Crippen LogP contribution < -0.4 is 0 Å². The van der Waals surface area contributed by atoms with Gasteiger partial charge in [-0.2, -0.15) is 4.31 Å². The maximum Gasteiger partial charge on any atom is 0.246 e. The van der Waals surface area contributed by atoms with E-state index in [1.807, 2.05) is 6.92 Å². The molecule has 0 unspecified atom stereocenters. The van der Waals surface area contributed by atoms with Gasteiger partial charge in [0.15, 0.2) is 0 Å². The van der Waals surface area contributed by atoms with E-state index in [-0.39, 0.29) is 16.0 Å². The molecular formula is C12H17ClN2O2S. The van der Waals surface area contributed by atoms with Crippen molar-refractivity contribution in [2.24, 2.45) is 0 Å². The van der Waals surface area contributed by atoms with Gasteiger partial charge in [-0.3, -0.25) is 4.98 Å². The predicted molar refractivity (Wildman–Crippen MR) is 71.1 cm³/mol. The maximum absolute atomic E-state index is 12.6. The molecule has 1 saturated carbocycles. The van der Waals surface area contributed by atoms with Gasteiger partial charge in [0.2, 0.25) is 10.0 Å². The van der Waals surface area contributed by atoms with Crippen LogP contribution in [-0.4, -0.2) is 30.3 Å². The molecule has 0 amide bonds. The third-order valence-electron chi connectivity index (χ3n) is 3.36. The van der Waals surface area contributed by atoms with Crippen molar-refractivity contribution in [3.05, 3.63) is 23.5 Å². The van der Waals surface area contributed by atoms with Gasteiger partial charge in [0.25, 0.3) is 0 Å². The largest absolute Gasteiger partial charge is 0.263 e. The molecule has 0 bridgehead atoms. The maximum atomic E-state index is 12.6. The fourth-order valence-electron chi connectivity index (χ4n) is 2.50. The Morgan fingerprint density at radius 2 is 2.11 bits per heavy atom. The molecule has 1 heterocycles. The van der Waals surface area contributed by atoms with Crippen molar-refractivity contribution in [1.29, 1.82) is 0 Å². The van der Waals surface area contributed by atoms with Crippen LogP contribution in [0.3, 0.4) is 0 Å². The number of sulfonamides is 1. The highest BCUT2D eigenvalue weighted by molar-refractivity contribution is 7.89. The van der Waals surface area contributed by atoms with E-state index in [1.165, 1.54) is 18.5 Å². The lowest BCUT2D eigenvalue weighted by molar-refractivity contribution is 0.335. The molecule has 6 heteroatoms. The lowest BCUT2D eigenvalue weighted by atomic mass is 10.2. The molecule has 4 nitrogen and oxygen atoms in total. The quantitative estimate of drug-likeness (QED) is 0.856. The van der Waals surface area contributed by atoms with Gasteiger partial charge in [-0.05, 0) is 18.9 Å². The summed E-state index contributed by atoms with van der Waals surface area (Å²) in [5.74, 6) is 0. The third kappa shape index (κ3) is 2.53. The SMILES string of the molecule is CCN(C1CCCC1)S(=O)(=O)c1cnccc1Cl. The van der Waals surface area contributed by atoms with E-state index in [4.69, 9.17) is 11.6 Å². The second-order valence-corrected chi connectivity index (χ2v) is 6.72. The molecule has 1 aromatic rings. The second kappa shape index (κ2) is 5.55. The van der Waals surface area contributed by atoms with Crippen molar-refractivity contribution in [3.63, 3.8) is 0 Å². The van der Waals surface area contributed by atoms with Crippen LogP contribution >= 0.6 is 11.6 Å². The van der Waals surface area contributed by atoms with Crippen LogP contribution in [0.15, 0.2) is 23.4 Å². The number of halogens is 1. The molecule has 1 aliphatic carbocycles. The molecule has 1 aromatic heterocycles. The van der Waals surface area contributed by atoms with E-state index in [1.54, 1.807) is 4.31 Å². The van der Waals surface area contributed by atoms with Gasteiger partial charge >= 0.3 is 0 Å². The van der Waals surface area contributed by atoms with Gasteiger partial charge in [-0.15, -0.1) is 0 Å². The number of nitrogens with zero attached hydrogens (tertiary/aromatic N) is 2. The van der Waals surface area contributed by atoms with E-state index in [2.05, 4.69) is 4.98 Å². The van der Waals surface area contributed by atoms with Crippen molar-refractivity contribution in [1.82, 2.24) is 9.29 Å². The number of aromatic nitrogens is 1. The first-order valence-electron chi connectivity index (χ1n) is 6.18. The monoisotopic (exact) mass is 288 g/mol. The zero-order valence-electron chi connectivity index (χ0n) is 10.3. The smallest absolute Gasteiger partial charge is 0.246 e. The average Bonchev–Trinajstić information content (AvgIpc) is 2.83. The topological polar surface area (TPSA) is 50.3 Å². The van der Waals surface area contributed by atoms with Gasteiger partial charge in [0.05, 0.1) is 5.02 Å². The Kier molecular flexibility index (Phi) is 4.25. The molecule has 0 saturated heterocycles. The van der Waals surface area contributed by atoms with Gasteiger partial charge in [-0.25, -0.2) is 8.42 Å². The van der Waals surface area contributed by atoms with Crippen LogP contribution in [0.1, 0.15) is 32.6 Å². The number of pyridine rings is 1. The third-order valence-corrected chi connectivity index (χ3v) is 5.86. The Morgan fingerprint density at radius 3 is 2.67 bits per heavy atom. The van der Waals surface area contributed by atoms with Crippen molar-refractivity contribution in [3.8, 4) is 0 Å². The highest BCUT2D eigenvalue weighted by Gasteiger charge is 2.33. The molecule has 0 atom stereocenters. The minimum atomic E-state index is -3.53. The standard InChI is InChI=1S/C12H17ClN2O2S/c1-2-15(10-5-3-4-6-10)18(16,17)12-9-14-8-7-11(12)13/h7-10H,2-6H2,1H3. The lowest BCUT2D eigenvalue weighted by Crippen LogP contribution is -2.38. The Hall–Kier alpha value is -0.650. The van der Waals surface area contributed by atoms with E-state index < -0.39 is 10.0 Å². The molecule has 0 aromatic carbocycles. The summed E-state index contributed by atoms with van der Waals surface area (Å²) < 4.78 is 26.7. The Morgan fingerprint density at radius 1 is 1.44 bits per heavy atom. The first-order valence-corrected chi connectivity index (χ1v) is 8.00. The van der Waals surface area contributed by atoms with E-state index in [0.717, 1.165) is 25.7 Å². The molecule has 0 aliphatic heterocycles. The zero-order chi connectivity index (χ0) is 13.2. The van der Waals surface area contributed by atoms with Crippen LogP contribution in [0.5, 0.6) is 0 Å². The van der Waals surface area contributed by atoms with Gasteiger partial charge < -0.3 is 0 Å². The van der Waals surface area contributed by atoms with Crippen molar-refractivity contribution in [2.45, 2.75) is 43.5 Å². The van der Waals surface area contributed by atoms with Crippen LogP contribution in [0.25, 0.3) is 0 Å². The molecule has 1 fully saturated rings. The molecule has 2 rings (SSSR count). The summed E-state index contributed by atoms with van der Waals surface area (Å²) in [6.07, 6.45) is 6.88. The summed E-state index contributed by atoms with van der Waals surface area (Å²) in [6, 6.07) is 1.62. The van der Waals surface area contributed by atoms with E-state index >= 15 is 0 Å². The minimum Gasteiger partial charge on any atom is -0.263 e. The van der Waals surface area contributed by atoms with E-state index in [0.29, 0.717) is 6.54 Å². The Balaban J connectivity index is 2.37. The fraction of sp³-hybridized carbons (Fsp3) is 0.583. The van der Waals surface area contributed by atoms with Crippen molar-refractivity contribution in [2.75, 3.05) is 6.54 Å². The summed E-state index contributed by atoms with van der Waals surface area (Å²) in [4.78, 5) is 3.98. The highest BCUT2D eigenvalue weighted by Crippen LogP contribution is 2.30. The van der Waals surface area contributed by atoms with Crippen LogP contribution in [0, 0.1) is 0 Å². The highest BCUT2D eigenvalue weighted by atomic mass is 35.5. The van der Waals surface area contributed by atoms with Gasteiger partial charge in [0, 0.05) is 25.0 Å². The first kappa shape index (κ1) is 13.8. The zero-order valence-corrected chi connectivity index (χ0v) is 11.9. The van der Waals surface area contributed by atoms with E-state index in [9.17, 15) is 8.42 Å². The Labute approximate surface area is 113 Å². The van der Waals surface area contributed by atoms with Gasteiger partial charge in [-0.1, -0.05) is 31.4 Å². The second-order valence-electron chi connectivity index (χ2n) is 4.45. The van der Waals surface area contributed by atoms with Crippen LogP contribution in [0.2, 0.25) is 5.02 Å². The molecule has 18 heavy (non-hydrogen) atoms. The predicted octanol–water partition coefficient (Wildman–Crippen LogP) is 2.69. The van der Waals surface area contributed by atoms with Crippen LogP contribution in [0.4, 0.5) is 0 Å². The van der Waals surface area contributed by atoms with Crippen molar-refractivity contribution < 1.29 is 8.42 Å². The summed E-state index contributed by atoms with van der Waals surface area (Å²) in [6.45, 7) is 2.33. The normalized spacial score (nSPS) is 17.5. The summed E-state index contributed by atoms with van der Waals surface area (Å²) in [7, 11) is -3.53. The minimum absolute atomic E-state index is 0.108. The summed E-state index contributed by atoms with van der Waals surface area (Å²) in [5, 5.41) is 0.237. The molecule has 100 valence electrons. The number of hydrogen-bond donors (Lipinski definition) is 0. The molecule has 0 radical (unpaired) electrons. The first-order chi connectivity index (χ1) is 8.57. The average molecular weight is 289 g/mol. The molecule has 0 spiro atoms.